The minimum Gasteiger partial charge on any atom is -0.329 e. The average Bonchev–Trinajstić information content (AvgIpc) is 2.77. The minimum absolute atomic E-state index is 0. The van der Waals surface area contributed by atoms with Crippen molar-refractivity contribution in [3.63, 3.8) is 0 Å². The van der Waals surface area contributed by atoms with Gasteiger partial charge in [-0.15, -0.1) is 12.4 Å². The zero-order valence-electron chi connectivity index (χ0n) is 11.2. The van der Waals surface area contributed by atoms with Gasteiger partial charge in [0.05, 0.1) is 6.54 Å². The molecule has 0 bridgehead atoms. The molecule has 1 aliphatic heterocycles. The van der Waals surface area contributed by atoms with Gasteiger partial charge in [-0.25, -0.2) is 9.67 Å². The molecule has 2 unspecified atom stereocenters. The molecule has 0 amide bonds. The number of halogens is 1. The lowest BCUT2D eigenvalue weighted by atomic mass is 9.91. The van der Waals surface area contributed by atoms with E-state index in [2.05, 4.69) is 28.8 Å². The molecule has 1 aromatic rings. The monoisotopic (exact) mass is 273 g/mol. The lowest BCUT2D eigenvalue weighted by Crippen LogP contribution is -2.48. The van der Waals surface area contributed by atoms with Crippen LogP contribution in [0.25, 0.3) is 0 Å². The van der Waals surface area contributed by atoms with E-state index in [4.69, 9.17) is 5.73 Å². The van der Waals surface area contributed by atoms with E-state index >= 15 is 0 Å². The van der Waals surface area contributed by atoms with Gasteiger partial charge in [0.2, 0.25) is 0 Å². The third-order valence-corrected chi connectivity index (χ3v) is 3.81. The second-order valence-corrected chi connectivity index (χ2v) is 4.89. The van der Waals surface area contributed by atoms with Crippen molar-refractivity contribution < 1.29 is 0 Å². The Morgan fingerprint density at radius 3 is 2.94 bits per heavy atom. The van der Waals surface area contributed by atoms with Gasteiger partial charge in [-0.3, -0.25) is 4.90 Å². The maximum absolute atomic E-state index is 5.90. The van der Waals surface area contributed by atoms with Crippen LogP contribution in [0.1, 0.15) is 32.5 Å². The van der Waals surface area contributed by atoms with Crippen molar-refractivity contribution in [1.82, 2.24) is 19.7 Å². The van der Waals surface area contributed by atoms with Gasteiger partial charge in [0.1, 0.15) is 12.2 Å². The molecular formula is C12H24ClN5. The Hall–Kier alpha value is -0.650. The van der Waals surface area contributed by atoms with Crippen LogP contribution >= 0.6 is 12.4 Å². The molecule has 1 aliphatic rings. The SMILES string of the molecule is CCn1ncnc1CN1CCCC(C)C1CN.Cl. The van der Waals surface area contributed by atoms with Crippen molar-refractivity contribution in [3.05, 3.63) is 12.2 Å². The van der Waals surface area contributed by atoms with Crippen LogP contribution in [0.5, 0.6) is 0 Å². The second kappa shape index (κ2) is 7.07. The van der Waals surface area contributed by atoms with Crippen molar-refractivity contribution in [3.8, 4) is 0 Å². The van der Waals surface area contributed by atoms with Crippen LogP contribution in [0.2, 0.25) is 0 Å². The van der Waals surface area contributed by atoms with Gasteiger partial charge in [-0.05, 0) is 32.2 Å². The summed E-state index contributed by atoms with van der Waals surface area (Å²) in [7, 11) is 0. The van der Waals surface area contributed by atoms with Gasteiger partial charge in [0.15, 0.2) is 0 Å². The number of likely N-dealkylation sites (tertiary alicyclic amines) is 1. The van der Waals surface area contributed by atoms with Gasteiger partial charge in [0.25, 0.3) is 0 Å². The molecule has 0 saturated carbocycles. The number of hydrogen-bond donors (Lipinski definition) is 1. The van der Waals surface area contributed by atoms with E-state index in [1.165, 1.54) is 12.8 Å². The molecule has 1 saturated heterocycles. The van der Waals surface area contributed by atoms with E-state index in [1.54, 1.807) is 6.33 Å². The molecule has 0 spiro atoms. The first-order valence-electron chi connectivity index (χ1n) is 6.57. The summed E-state index contributed by atoms with van der Waals surface area (Å²) in [6, 6.07) is 0.491. The Balaban J connectivity index is 0.00000162. The summed E-state index contributed by atoms with van der Waals surface area (Å²) in [5.74, 6) is 1.74. The summed E-state index contributed by atoms with van der Waals surface area (Å²) >= 11 is 0. The third-order valence-electron chi connectivity index (χ3n) is 3.81. The van der Waals surface area contributed by atoms with Gasteiger partial charge in [-0.1, -0.05) is 6.92 Å². The van der Waals surface area contributed by atoms with Gasteiger partial charge in [-0.2, -0.15) is 5.10 Å². The number of nitrogens with two attached hydrogens (primary N) is 1. The van der Waals surface area contributed by atoms with Crippen molar-refractivity contribution in [1.29, 1.82) is 0 Å². The van der Waals surface area contributed by atoms with E-state index in [-0.39, 0.29) is 12.4 Å². The molecule has 1 fully saturated rings. The highest BCUT2D eigenvalue weighted by Crippen LogP contribution is 2.23. The van der Waals surface area contributed by atoms with E-state index in [1.807, 2.05) is 4.68 Å². The zero-order chi connectivity index (χ0) is 12.3. The molecule has 18 heavy (non-hydrogen) atoms. The summed E-state index contributed by atoms with van der Waals surface area (Å²) in [6.07, 6.45) is 4.19. The highest BCUT2D eigenvalue weighted by atomic mass is 35.5. The molecule has 1 aromatic heterocycles. The van der Waals surface area contributed by atoms with Crippen LogP contribution in [-0.2, 0) is 13.1 Å². The lowest BCUT2D eigenvalue weighted by Gasteiger charge is -2.39. The van der Waals surface area contributed by atoms with Gasteiger partial charge in [0, 0.05) is 19.1 Å². The van der Waals surface area contributed by atoms with Crippen molar-refractivity contribution in [2.75, 3.05) is 13.1 Å². The van der Waals surface area contributed by atoms with Crippen LogP contribution in [0, 0.1) is 5.92 Å². The van der Waals surface area contributed by atoms with Crippen LogP contribution in [-0.4, -0.2) is 38.8 Å². The summed E-state index contributed by atoms with van der Waals surface area (Å²) in [6.45, 7) is 8.02. The first-order valence-corrected chi connectivity index (χ1v) is 6.57. The van der Waals surface area contributed by atoms with Crippen LogP contribution in [0.4, 0.5) is 0 Å². The fraction of sp³-hybridized carbons (Fsp3) is 0.833. The summed E-state index contributed by atoms with van der Waals surface area (Å²) in [4.78, 5) is 6.81. The van der Waals surface area contributed by atoms with Gasteiger partial charge >= 0.3 is 0 Å². The summed E-state index contributed by atoms with van der Waals surface area (Å²) < 4.78 is 1.97. The molecule has 104 valence electrons. The number of nitrogens with zero attached hydrogens (tertiary/aromatic N) is 4. The highest BCUT2D eigenvalue weighted by molar-refractivity contribution is 5.85. The molecule has 5 nitrogen and oxygen atoms in total. The number of hydrogen-bond acceptors (Lipinski definition) is 4. The number of rotatable bonds is 4. The predicted octanol–water partition coefficient (Wildman–Crippen LogP) is 1.28. The Bertz CT molecular complexity index is 354. The fourth-order valence-electron chi connectivity index (χ4n) is 2.77. The quantitative estimate of drug-likeness (QED) is 0.898. The highest BCUT2D eigenvalue weighted by Gasteiger charge is 2.28. The minimum atomic E-state index is 0. The molecule has 0 aliphatic carbocycles. The van der Waals surface area contributed by atoms with Crippen LogP contribution < -0.4 is 5.73 Å². The van der Waals surface area contributed by atoms with E-state index in [9.17, 15) is 0 Å². The predicted molar refractivity (Wildman–Crippen MR) is 74.6 cm³/mol. The first kappa shape index (κ1) is 15.4. The molecule has 2 heterocycles. The first-order chi connectivity index (χ1) is 8.26. The summed E-state index contributed by atoms with van der Waals surface area (Å²) in [5, 5.41) is 4.22. The molecule has 0 radical (unpaired) electrons. The molecule has 6 heteroatoms. The molecule has 2 N–H and O–H groups in total. The Morgan fingerprint density at radius 2 is 2.28 bits per heavy atom. The van der Waals surface area contributed by atoms with E-state index in [0.29, 0.717) is 12.0 Å². The number of piperidine rings is 1. The fourth-order valence-corrected chi connectivity index (χ4v) is 2.77. The molecule has 0 aromatic carbocycles. The van der Waals surface area contributed by atoms with E-state index in [0.717, 1.165) is 32.0 Å². The van der Waals surface area contributed by atoms with E-state index < -0.39 is 0 Å². The third kappa shape index (κ3) is 3.22. The normalized spacial score (nSPS) is 24.8. The van der Waals surface area contributed by atoms with Crippen molar-refractivity contribution in [2.24, 2.45) is 11.7 Å². The maximum atomic E-state index is 5.90. The Kier molecular flexibility index (Phi) is 6.05. The average molecular weight is 274 g/mol. The maximum Gasteiger partial charge on any atom is 0.141 e. The standard InChI is InChI=1S/C12H23N5.ClH/c1-3-17-12(14-9-15-17)8-16-6-4-5-10(2)11(16)7-13;/h9-11H,3-8,13H2,1-2H3;1H. The second-order valence-electron chi connectivity index (χ2n) is 4.89. The Labute approximate surface area is 115 Å². The smallest absolute Gasteiger partial charge is 0.141 e. The number of aromatic nitrogens is 3. The lowest BCUT2D eigenvalue weighted by molar-refractivity contribution is 0.0948. The Morgan fingerprint density at radius 1 is 1.50 bits per heavy atom. The topological polar surface area (TPSA) is 60.0 Å². The molecular weight excluding hydrogens is 250 g/mol. The largest absolute Gasteiger partial charge is 0.329 e. The van der Waals surface area contributed by atoms with Gasteiger partial charge < -0.3 is 5.73 Å². The van der Waals surface area contributed by atoms with Crippen molar-refractivity contribution >= 4 is 12.4 Å². The molecule has 2 atom stereocenters. The van der Waals surface area contributed by atoms with Crippen LogP contribution in [0.15, 0.2) is 6.33 Å². The van der Waals surface area contributed by atoms with Crippen molar-refractivity contribution in [2.45, 2.75) is 45.8 Å². The molecule has 2 rings (SSSR count). The van der Waals surface area contributed by atoms with Crippen LogP contribution in [0.3, 0.4) is 0 Å². The number of aryl methyl sites for hydroxylation is 1. The zero-order valence-corrected chi connectivity index (χ0v) is 12.1. The summed E-state index contributed by atoms with van der Waals surface area (Å²) in [5.41, 5.74) is 5.90.